The number of nitro groups is 1. The van der Waals surface area contributed by atoms with Gasteiger partial charge in [-0.25, -0.2) is 10.0 Å². The SMILES string of the molecule is CCC1=NN(c2ccccc2)C2(SC(C(=O)c3ccccc3)=NN2c2ccc([N+](=O)[O-])cc2)c2ccccc21. The number of non-ortho nitro benzene ring substituents is 1. The lowest BCUT2D eigenvalue weighted by atomic mass is 9.96. The lowest BCUT2D eigenvalue weighted by Crippen LogP contribution is -2.53. The molecule has 4 aromatic rings. The van der Waals surface area contributed by atoms with Gasteiger partial charge in [-0.1, -0.05) is 79.7 Å². The highest BCUT2D eigenvalue weighted by Crippen LogP contribution is 2.55. The van der Waals surface area contributed by atoms with Gasteiger partial charge in [0.1, 0.15) is 0 Å². The summed E-state index contributed by atoms with van der Waals surface area (Å²) in [7, 11) is 0. The fourth-order valence-corrected chi connectivity index (χ4v) is 6.21. The summed E-state index contributed by atoms with van der Waals surface area (Å²) in [5.41, 5.74) is 4.71. The molecule has 0 saturated carbocycles. The number of Topliss-reactive ketones (excluding diaryl/α,β-unsaturated/α-hetero) is 1. The molecule has 2 aliphatic heterocycles. The van der Waals surface area contributed by atoms with Gasteiger partial charge in [-0.2, -0.15) is 10.2 Å². The average Bonchev–Trinajstić information content (AvgIpc) is 3.39. The number of carbonyl (C=O) groups excluding carboxylic acids is 1. The third-order valence-corrected chi connectivity index (χ3v) is 8.00. The Balaban J connectivity index is 1.60. The fourth-order valence-electron chi connectivity index (χ4n) is 4.85. The number of benzene rings is 4. The summed E-state index contributed by atoms with van der Waals surface area (Å²) >= 11 is 1.32. The van der Waals surface area contributed by atoms with Crippen molar-refractivity contribution >= 4 is 45.4 Å². The van der Waals surface area contributed by atoms with Crippen molar-refractivity contribution in [2.24, 2.45) is 10.2 Å². The number of carbonyl (C=O) groups is 1. The summed E-state index contributed by atoms with van der Waals surface area (Å²) in [6.07, 6.45) is 0.704. The van der Waals surface area contributed by atoms with Crippen LogP contribution in [-0.2, 0) is 4.99 Å². The molecule has 0 saturated heterocycles. The molecule has 0 N–H and O–H groups in total. The molecule has 2 heterocycles. The summed E-state index contributed by atoms with van der Waals surface area (Å²) in [5, 5.41) is 25.4. The van der Waals surface area contributed by atoms with Crippen molar-refractivity contribution in [2.75, 3.05) is 10.0 Å². The molecule has 0 radical (unpaired) electrons. The van der Waals surface area contributed by atoms with E-state index >= 15 is 0 Å². The Labute approximate surface area is 229 Å². The van der Waals surface area contributed by atoms with E-state index in [9.17, 15) is 14.9 Å². The lowest BCUT2D eigenvalue weighted by Gasteiger charge is -2.47. The predicted octanol–water partition coefficient (Wildman–Crippen LogP) is 6.79. The smallest absolute Gasteiger partial charge is 0.269 e. The monoisotopic (exact) mass is 533 g/mol. The maximum Gasteiger partial charge on any atom is 0.269 e. The van der Waals surface area contributed by atoms with Crippen LogP contribution in [0.25, 0.3) is 0 Å². The first-order valence-corrected chi connectivity index (χ1v) is 13.3. The van der Waals surface area contributed by atoms with Gasteiger partial charge in [-0.05, 0) is 42.4 Å². The molecule has 8 nitrogen and oxygen atoms in total. The van der Waals surface area contributed by atoms with Gasteiger partial charge < -0.3 is 0 Å². The Hall–Kier alpha value is -4.76. The highest BCUT2D eigenvalue weighted by atomic mass is 32.2. The first-order valence-electron chi connectivity index (χ1n) is 12.5. The molecule has 0 bridgehead atoms. The molecule has 39 heavy (non-hydrogen) atoms. The Kier molecular flexibility index (Phi) is 6.20. The number of thioether (sulfide) groups is 1. The van der Waals surface area contributed by atoms with Crippen molar-refractivity contribution in [3.05, 3.63) is 136 Å². The van der Waals surface area contributed by atoms with Crippen LogP contribution in [0.3, 0.4) is 0 Å². The van der Waals surface area contributed by atoms with Crippen molar-refractivity contribution < 1.29 is 9.72 Å². The summed E-state index contributed by atoms with van der Waals surface area (Å²) in [6, 6.07) is 33.0. The van der Waals surface area contributed by atoms with E-state index in [1.54, 1.807) is 29.3 Å². The molecule has 0 aliphatic carbocycles. The molecule has 9 heteroatoms. The van der Waals surface area contributed by atoms with Crippen molar-refractivity contribution in [3.8, 4) is 0 Å². The highest BCUT2D eigenvalue weighted by molar-refractivity contribution is 8.17. The molecular formula is C30H23N5O3S. The third kappa shape index (κ3) is 4.07. The minimum Gasteiger partial charge on any atom is -0.286 e. The van der Waals surface area contributed by atoms with Crippen LogP contribution in [0.15, 0.2) is 119 Å². The largest absolute Gasteiger partial charge is 0.286 e. The van der Waals surface area contributed by atoms with Gasteiger partial charge in [0.2, 0.25) is 10.8 Å². The summed E-state index contributed by atoms with van der Waals surface area (Å²) < 4.78 is 0. The normalized spacial score (nSPS) is 18.0. The molecule has 4 aromatic carbocycles. The Bertz CT molecular complexity index is 1620. The number of hydrogen-bond acceptors (Lipinski definition) is 8. The van der Waals surface area contributed by atoms with Gasteiger partial charge in [0.15, 0.2) is 5.04 Å². The predicted molar refractivity (Wildman–Crippen MR) is 155 cm³/mol. The molecule has 0 aromatic heterocycles. The number of rotatable bonds is 6. The molecule has 1 atom stereocenters. The van der Waals surface area contributed by atoms with Gasteiger partial charge in [-0.3, -0.25) is 14.9 Å². The summed E-state index contributed by atoms with van der Waals surface area (Å²) in [6.45, 7) is 2.06. The third-order valence-electron chi connectivity index (χ3n) is 6.68. The maximum atomic E-state index is 13.7. The van der Waals surface area contributed by atoms with Crippen molar-refractivity contribution in [1.29, 1.82) is 0 Å². The number of ketones is 1. The van der Waals surface area contributed by atoms with Crippen LogP contribution in [0, 0.1) is 10.1 Å². The second-order valence-corrected chi connectivity index (χ2v) is 10.1. The topological polar surface area (TPSA) is 91.4 Å². The summed E-state index contributed by atoms with van der Waals surface area (Å²) in [4.78, 5) is 23.6. The number of anilines is 2. The molecule has 1 spiro atoms. The first-order chi connectivity index (χ1) is 19.0. The molecule has 6 rings (SSSR count). The van der Waals surface area contributed by atoms with Crippen LogP contribution in [0.2, 0.25) is 0 Å². The lowest BCUT2D eigenvalue weighted by molar-refractivity contribution is -0.384. The first kappa shape index (κ1) is 24.6. The van der Waals surface area contributed by atoms with Crippen LogP contribution in [0.4, 0.5) is 17.1 Å². The van der Waals surface area contributed by atoms with Crippen LogP contribution >= 0.6 is 11.8 Å². The van der Waals surface area contributed by atoms with E-state index in [-0.39, 0.29) is 11.5 Å². The second kappa shape index (κ2) is 9.85. The van der Waals surface area contributed by atoms with Crippen molar-refractivity contribution in [3.63, 3.8) is 0 Å². The van der Waals surface area contributed by atoms with E-state index < -0.39 is 9.92 Å². The number of hydrazone groups is 2. The van der Waals surface area contributed by atoms with Gasteiger partial charge >= 0.3 is 0 Å². The van der Waals surface area contributed by atoms with Crippen LogP contribution in [0.5, 0.6) is 0 Å². The zero-order chi connectivity index (χ0) is 27.0. The average molecular weight is 534 g/mol. The zero-order valence-electron chi connectivity index (χ0n) is 21.0. The van der Waals surface area contributed by atoms with E-state index in [1.807, 2.05) is 77.8 Å². The number of hydrogen-bond donors (Lipinski definition) is 0. The van der Waals surface area contributed by atoms with Gasteiger partial charge in [0.25, 0.3) is 5.69 Å². The minimum absolute atomic E-state index is 0.0283. The number of fused-ring (bicyclic) bond motifs is 2. The van der Waals surface area contributed by atoms with E-state index in [2.05, 4.69) is 6.92 Å². The molecular weight excluding hydrogens is 510 g/mol. The Morgan fingerprint density at radius 3 is 2.08 bits per heavy atom. The van der Waals surface area contributed by atoms with Crippen molar-refractivity contribution in [2.45, 2.75) is 18.3 Å². The number of nitrogens with zero attached hydrogens (tertiary/aromatic N) is 5. The van der Waals surface area contributed by atoms with E-state index in [1.165, 1.54) is 23.9 Å². The van der Waals surface area contributed by atoms with E-state index in [0.717, 1.165) is 22.5 Å². The molecule has 1 unspecified atom stereocenters. The van der Waals surface area contributed by atoms with Gasteiger partial charge in [0, 0.05) is 28.8 Å². The minimum atomic E-state index is -1.10. The zero-order valence-corrected chi connectivity index (χ0v) is 21.8. The van der Waals surface area contributed by atoms with Gasteiger partial charge in [0.05, 0.1) is 22.0 Å². The molecule has 0 amide bonds. The molecule has 0 fully saturated rings. The Morgan fingerprint density at radius 2 is 1.41 bits per heavy atom. The molecule has 192 valence electrons. The van der Waals surface area contributed by atoms with E-state index in [0.29, 0.717) is 22.7 Å². The summed E-state index contributed by atoms with van der Waals surface area (Å²) in [5.74, 6) is -0.208. The van der Waals surface area contributed by atoms with Crippen LogP contribution in [0.1, 0.15) is 34.8 Å². The quantitative estimate of drug-likeness (QED) is 0.154. The molecule has 2 aliphatic rings. The number of para-hydroxylation sites is 1. The van der Waals surface area contributed by atoms with Crippen LogP contribution < -0.4 is 10.0 Å². The fraction of sp³-hybridized carbons (Fsp3) is 0.100. The maximum absolute atomic E-state index is 13.7. The standard InChI is InChI=1S/C30H23N5O3S/c1-2-27-25-15-9-10-16-26(25)30(33(31-27)22-13-7-4-8-14-22)34(23-17-19-24(20-18-23)35(37)38)32-29(39-30)28(36)21-11-5-3-6-12-21/h3-20H,2H2,1H3. The highest BCUT2D eigenvalue weighted by Gasteiger charge is 2.56. The van der Waals surface area contributed by atoms with E-state index in [4.69, 9.17) is 10.2 Å². The van der Waals surface area contributed by atoms with Crippen molar-refractivity contribution in [1.82, 2.24) is 0 Å². The van der Waals surface area contributed by atoms with Crippen LogP contribution in [-0.4, -0.2) is 21.5 Å². The second-order valence-electron chi connectivity index (χ2n) is 8.99. The Morgan fingerprint density at radius 1 is 0.821 bits per heavy atom. The number of nitro benzene ring substituents is 1. The van der Waals surface area contributed by atoms with Gasteiger partial charge in [-0.15, -0.1) is 0 Å².